The number of carbonyl (C=O) groups is 1. The number of carbonyl (C=O) groups excluding carboxylic acids is 1. The molecule has 4 rings (SSSR count). The minimum absolute atomic E-state index is 0.00315. The van der Waals surface area contributed by atoms with Crippen molar-refractivity contribution in [3.63, 3.8) is 0 Å². The van der Waals surface area contributed by atoms with Crippen LogP contribution < -0.4 is 11.1 Å². The number of primary amides is 1. The summed E-state index contributed by atoms with van der Waals surface area (Å²) in [6.45, 7) is 6.70. The van der Waals surface area contributed by atoms with Crippen molar-refractivity contribution in [1.82, 2.24) is 9.61 Å². The molecule has 2 aromatic heterocycles. The fourth-order valence-electron chi connectivity index (χ4n) is 4.27. The van der Waals surface area contributed by atoms with E-state index in [1.807, 2.05) is 12.1 Å². The number of amides is 1. The van der Waals surface area contributed by atoms with Gasteiger partial charge in [-0.2, -0.15) is 10.4 Å². The number of nitriles is 1. The molecule has 2 atom stereocenters. The first-order chi connectivity index (χ1) is 14.2. The molecule has 1 fully saturated rings. The lowest BCUT2D eigenvalue weighted by atomic mass is 9.80. The van der Waals surface area contributed by atoms with Crippen LogP contribution in [0.3, 0.4) is 0 Å². The molecule has 1 amide bonds. The summed E-state index contributed by atoms with van der Waals surface area (Å²) in [5.74, 6) is -0.576. The highest BCUT2D eigenvalue weighted by Crippen LogP contribution is 2.44. The average molecular weight is 405 g/mol. The Morgan fingerprint density at radius 1 is 1.33 bits per heavy atom. The Bertz CT molecular complexity index is 1190. The van der Waals surface area contributed by atoms with Gasteiger partial charge in [-0.05, 0) is 47.9 Å². The van der Waals surface area contributed by atoms with Gasteiger partial charge in [0.1, 0.15) is 11.9 Å². The Labute approximate surface area is 174 Å². The second-order valence-electron chi connectivity index (χ2n) is 8.66. The van der Waals surface area contributed by atoms with Crippen LogP contribution in [-0.2, 0) is 0 Å². The maximum atomic E-state index is 14.1. The molecule has 30 heavy (non-hydrogen) atoms. The predicted molar refractivity (Wildman–Crippen MR) is 113 cm³/mol. The molecule has 1 aliphatic carbocycles. The smallest absolute Gasteiger partial charge is 0.252 e. The molecule has 0 spiro atoms. The van der Waals surface area contributed by atoms with Gasteiger partial charge in [0.2, 0.25) is 0 Å². The van der Waals surface area contributed by atoms with Crippen molar-refractivity contribution in [3.8, 4) is 17.2 Å². The van der Waals surface area contributed by atoms with Crippen LogP contribution in [0.2, 0.25) is 0 Å². The number of hydrogen-bond acceptors (Lipinski definition) is 4. The van der Waals surface area contributed by atoms with Crippen LogP contribution in [0.25, 0.3) is 16.6 Å². The molecule has 0 radical (unpaired) electrons. The maximum Gasteiger partial charge on any atom is 0.252 e. The number of benzene rings is 1. The Morgan fingerprint density at radius 2 is 2.10 bits per heavy atom. The molecular weight excluding hydrogens is 381 g/mol. The van der Waals surface area contributed by atoms with Gasteiger partial charge >= 0.3 is 0 Å². The lowest BCUT2D eigenvalue weighted by Gasteiger charge is -2.33. The van der Waals surface area contributed by atoms with E-state index in [4.69, 9.17) is 11.0 Å². The largest absolute Gasteiger partial charge is 0.379 e. The van der Waals surface area contributed by atoms with Gasteiger partial charge in [-0.1, -0.05) is 26.8 Å². The number of fused-ring (bicyclic) bond motifs is 1. The number of rotatable bonds is 4. The van der Waals surface area contributed by atoms with Crippen LogP contribution in [0.5, 0.6) is 0 Å². The molecule has 1 saturated carbocycles. The van der Waals surface area contributed by atoms with Crippen LogP contribution in [0.1, 0.15) is 49.5 Å². The predicted octanol–water partition coefficient (Wildman–Crippen LogP) is 4.35. The fraction of sp³-hybridized carbons (Fsp3) is 0.348. The molecule has 0 bridgehead atoms. The lowest BCUT2D eigenvalue weighted by Crippen LogP contribution is -2.35. The SMILES string of the molecule is CC1CC[C@@H](Nc2c(C(N)=O)cnn3cc(-c4ccc(C#N)c(F)c4)cc23)C1(C)C. The van der Waals surface area contributed by atoms with E-state index < -0.39 is 11.7 Å². The molecule has 0 saturated heterocycles. The molecule has 1 aliphatic rings. The first-order valence-electron chi connectivity index (χ1n) is 10.00. The van der Waals surface area contributed by atoms with E-state index in [0.29, 0.717) is 28.2 Å². The minimum atomic E-state index is -0.573. The Hall–Kier alpha value is -3.40. The quantitative estimate of drug-likeness (QED) is 0.674. The Morgan fingerprint density at radius 3 is 2.70 bits per heavy atom. The number of anilines is 1. The standard InChI is InChI=1S/C23H24FN5O/c1-13-4-7-20(23(13,2)3)28-21-17(22(26)30)11-27-29-12-16(9-19(21)29)14-5-6-15(10-25)18(24)8-14/h5-6,8-9,11-13,20,28H,4,7H2,1-3H3,(H2,26,30)/t13?,20-/m1/s1. The van der Waals surface area contributed by atoms with Gasteiger partial charge in [0.25, 0.3) is 5.91 Å². The van der Waals surface area contributed by atoms with E-state index in [1.54, 1.807) is 16.8 Å². The third-order valence-electron chi connectivity index (χ3n) is 6.70. The number of nitrogens with zero attached hydrogens (tertiary/aromatic N) is 3. The number of nitrogens with two attached hydrogens (primary N) is 1. The van der Waals surface area contributed by atoms with E-state index >= 15 is 0 Å². The second kappa shape index (κ2) is 7.13. The van der Waals surface area contributed by atoms with Gasteiger partial charge in [0.05, 0.1) is 28.5 Å². The van der Waals surface area contributed by atoms with Crippen molar-refractivity contribution >= 4 is 17.1 Å². The van der Waals surface area contributed by atoms with Crippen molar-refractivity contribution < 1.29 is 9.18 Å². The zero-order chi connectivity index (χ0) is 21.6. The fourth-order valence-corrected chi connectivity index (χ4v) is 4.27. The van der Waals surface area contributed by atoms with Crippen molar-refractivity contribution in [2.24, 2.45) is 17.1 Å². The molecule has 7 heteroatoms. The summed E-state index contributed by atoms with van der Waals surface area (Å²) in [7, 11) is 0. The van der Waals surface area contributed by atoms with Crippen LogP contribution in [-0.4, -0.2) is 21.6 Å². The first kappa shape index (κ1) is 19.9. The van der Waals surface area contributed by atoms with E-state index in [1.165, 1.54) is 18.3 Å². The zero-order valence-corrected chi connectivity index (χ0v) is 17.2. The van der Waals surface area contributed by atoms with Crippen LogP contribution in [0, 0.1) is 28.5 Å². The van der Waals surface area contributed by atoms with E-state index in [0.717, 1.165) is 18.4 Å². The topological polar surface area (TPSA) is 96.2 Å². The van der Waals surface area contributed by atoms with Gasteiger partial charge in [-0.3, -0.25) is 4.79 Å². The van der Waals surface area contributed by atoms with E-state index in [-0.39, 0.29) is 17.0 Å². The molecule has 6 nitrogen and oxygen atoms in total. The molecule has 3 aromatic rings. The van der Waals surface area contributed by atoms with Gasteiger partial charge in [-0.15, -0.1) is 0 Å². The number of halogens is 1. The van der Waals surface area contributed by atoms with Gasteiger partial charge in [0, 0.05) is 17.8 Å². The number of aromatic nitrogens is 2. The van der Waals surface area contributed by atoms with Crippen molar-refractivity contribution in [1.29, 1.82) is 5.26 Å². The molecule has 1 unspecified atom stereocenters. The molecular formula is C23H24FN5O. The normalized spacial score (nSPS) is 20.2. The summed E-state index contributed by atoms with van der Waals surface area (Å²) in [5.41, 5.74) is 8.71. The molecule has 0 aliphatic heterocycles. The van der Waals surface area contributed by atoms with Gasteiger partial charge in [0.15, 0.2) is 0 Å². The lowest BCUT2D eigenvalue weighted by molar-refractivity contribution is 0.100. The number of hydrogen-bond donors (Lipinski definition) is 2. The maximum absolute atomic E-state index is 14.1. The summed E-state index contributed by atoms with van der Waals surface area (Å²) in [6, 6.07) is 8.35. The van der Waals surface area contributed by atoms with Crippen molar-refractivity contribution in [3.05, 3.63) is 53.6 Å². The third kappa shape index (κ3) is 3.18. The summed E-state index contributed by atoms with van der Waals surface area (Å²) in [6.07, 6.45) is 5.34. The van der Waals surface area contributed by atoms with E-state index in [9.17, 15) is 9.18 Å². The van der Waals surface area contributed by atoms with Gasteiger partial charge < -0.3 is 11.1 Å². The first-order valence-corrected chi connectivity index (χ1v) is 10.00. The highest BCUT2D eigenvalue weighted by atomic mass is 19.1. The monoisotopic (exact) mass is 405 g/mol. The van der Waals surface area contributed by atoms with Crippen molar-refractivity contribution in [2.75, 3.05) is 5.32 Å². The molecule has 3 N–H and O–H groups in total. The summed E-state index contributed by atoms with van der Waals surface area (Å²) in [4.78, 5) is 12.1. The summed E-state index contributed by atoms with van der Waals surface area (Å²) >= 11 is 0. The molecule has 2 heterocycles. The van der Waals surface area contributed by atoms with Crippen molar-refractivity contribution in [2.45, 2.75) is 39.7 Å². The second-order valence-corrected chi connectivity index (χ2v) is 8.66. The molecule has 154 valence electrons. The minimum Gasteiger partial charge on any atom is -0.379 e. The number of nitrogens with one attached hydrogen (secondary N) is 1. The summed E-state index contributed by atoms with van der Waals surface area (Å²) in [5, 5.41) is 16.8. The van der Waals surface area contributed by atoms with Crippen LogP contribution >= 0.6 is 0 Å². The van der Waals surface area contributed by atoms with Crippen LogP contribution in [0.4, 0.5) is 10.1 Å². The Balaban J connectivity index is 1.82. The van der Waals surface area contributed by atoms with E-state index in [2.05, 4.69) is 31.2 Å². The third-order valence-corrected chi connectivity index (χ3v) is 6.70. The van der Waals surface area contributed by atoms with Gasteiger partial charge in [-0.25, -0.2) is 8.91 Å². The summed E-state index contributed by atoms with van der Waals surface area (Å²) < 4.78 is 15.8. The Kier molecular flexibility index (Phi) is 4.73. The molecule has 1 aromatic carbocycles. The highest BCUT2D eigenvalue weighted by molar-refractivity contribution is 6.02. The zero-order valence-electron chi connectivity index (χ0n) is 17.2. The van der Waals surface area contributed by atoms with Crippen LogP contribution in [0.15, 0.2) is 36.7 Å². The highest BCUT2D eigenvalue weighted by Gasteiger charge is 2.41. The average Bonchev–Trinajstić information content (AvgIpc) is 3.24.